The monoisotopic (exact) mass is 374 g/mol. The van der Waals surface area contributed by atoms with Gasteiger partial charge < -0.3 is 19.7 Å². The Hall–Kier alpha value is -2.28. The quantitative estimate of drug-likeness (QED) is 0.769. The molecule has 3 amide bonds. The molecule has 2 aliphatic heterocycles. The van der Waals surface area contributed by atoms with Crippen LogP contribution in [0, 0.1) is 5.92 Å². The molecule has 0 bridgehead atoms. The highest BCUT2D eigenvalue weighted by Crippen LogP contribution is 2.37. The van der Waals surface area contributed by atoms with Crippen molar-refractivity contribution < 1.29 is 24.0 Å². The summed E-state index contributed by atoms with van der Waals surface area (Å²) >= 11 is 0. The number of carbonyl (C=O) groups is 2. The van der Waals surface area contributed by atoms with Gasteiger partial charge in [-0.2, -0.15) is 0 Å². The molecule has 1 saturated heterocycles. The van der Waals surface area contributed by atoms with Crippen LogP contribution >= 0.6 is 0 Å². The van der Waals surface area contributed by atoms with Gasteiger partial charge in [-0.05, 0) is 37.0 Å². The first-order valence-corrected chi connectivity index (χ1v) is 9.83. The molecular weight excluding hydrogens is 346 g/mol. The van der Waals surface area contributed by atoms with Gasteiger partial charge in [-0.3, -0.25) is 4.79 Å². The fraction of sp³-hybridized carbons (Fsp3) is 0.600. The van der Waals surface area contributed by atoms with Crippen LogP contribution < -0.4 is 19.7 Å². The summed E-state index contributed by atoms with van der Waals surface area (Å²) in [5, 5.41) is 3.02. The van der Waals surface area contributed by atoms with Crippen molar-refractivity contribution in [3.8, 4) is 11.5 Å². The minimum absolute atomic E-state index is 0.0544. The number of amides is 3. The Bertz CT molecular complexity index is 753. The second kappa shape index (κ2) is 7.03. The lowest BCUT2D eigenvalue weighted by molar-refractivity contribution is -0.901. The predicted octanol–water partition coefficient (Wildman–Crippen LogP) is 0.931. The van der Waals surface area contributed by atoms with Crippen LogP contribution in [0.1, 0.15) is 38.2 Å². The molecule has 1 aromatic rings. The number of quaternary nitrogens is 1. The first kappa shape index (κ1) is 18.1. The Balaban J connectivity index is 1.43. The summed E-state index contributed by atoms with van der Waals surface area (Å²) in [4.78, 5) is 28.1. The Morgan fingerprint density at radius 2 is 2.00 bits per heavy atom. The van der Waals surface area contributed by atoms with E-state index in [-0.39, 0.29) is 17.9 Å². The van der Waals surface area contributed by atoms with E-state index >= 15 is 0 Å². The van der Waals surface area contributed by atoms with E-state index in [1.165, 1.54) is 4.90 Å². The second-order valence-electron chi connectivity index (χ2n) is 8.05. The average Bonchev–Trinajstić information content (AvgIpc) is 2.89. The topological polar surface area (TPSA) is 72.3 Å². The molecule has 27 heavy (non-hydrogen) atoms. The summed E-state index contributed by atoms with van der Waals surface area (Å²) in [5.74, 6) is 1.66. The number of fused-ring (bicyclic) bond motifs is 1. The smallest absolute Gasteiger partial charge is 0.329 e. The van der Waals surface area contributed by atoms with Crippen LogP contribution in [-0.2, 0) is 11.3 Å². The molecule has 7 nitrogen and oxygen atoms in total. The molecule has 3 aliphatic rings. The first-order valence-electron chi connectivity index (χ1n) is 9.83. The molecule has 2 fully saturated rings. The van der Waals surface area contributed by atoms with Gasteiger partial charge in [0, 0.05) is 5.56 Å². The number of nitrogens with one attached hydrogen (secondary N) is 2. The number of ether oxygens (including phenoxy) is 2. The van der Waals surface area contributed by atoms with Gasteiger partial charge >= 0.3 is 6.03 Å². The van der Waals surface area contributed by atoms with E-state index in [4.69, 9.17) is 9.47 Å². The Kier molecular flexibility index (Phi) is 4.72. The number of nitrogens with zero attached hydrogens (tertiary/aromatic N) is 1. The van der Waals surface area contributed by atoms with Crippen molar-refractivity contribution in [2.75, 3.05) is 26.9 Å². The van der Waals surface area contributed by atoms with Crippen molar-refractivity contribution in [2.45, 2.75) is 44.7 Å². The lowest BCUT2D eigenvalue weighted by atomic mass is 9.73. The maximum Gasteiger partial charge on any atom is 0.329 e. The molecule has 4 rings (SSSR count). The summed E-state index contributed by atoms with van der Waals surface area (Å²) in [6.45, 7) is 4.25. The summed E-state index contributed by atoms with van der Waals surface area (Å²) in [5.41, 5.74) is 0.400. The lowest BCUT2D eigenvalue weighted by Gasteiger charge is -2.36. The third-order valence-electron chi connectivity index (χ3n) is 6.04. The number of benzene rings is 1. The average molecular weight is 374 g/mol. The van der Waals surface area contributed by atoms with Crippen LogP contribution in [0.15, 0.2) is 18.2 Å². The Morgan fingerprint density at radius 1 is 1.22 bits per heavy atom. The number of rotatable bonds is 4. The number of imide groups is 1. The van der Waals surface area contributed by atoms with Crippen molar-refractivity contribution in [3.05, 3.63) is 23.8 Å². The summed E-state index contributed by atoms with van der Waals surface area (Å²) in [6, 6.07) is 5.65. The van der Waals surface area contributed by atoms with Crippen molar-refractivity contribution in [3.63, 3.8) is 0 Å². The Morgan fingerprint density at radius 3 is 2.78 bits per heavy atom. The van der Waals surface area contributed by atoms with E-state index in [0.717, 1.165) is 47.6 Å². The van der Waals surface area contributed by atoms with Crippen molar-refractivity contribution >= 4 is 11.9 Å². The van der Waals surface area contributed by atoms with E-state index in [2.05, 4.69) is 12.2 Å². The molecule has 2 N–H and O–H groups in total. The molecule has 0 radical (unpaired) electrons. The fourth-order valence-corrected chi connectivity index (χ4v) is 4.51. The summed E-state index contributed by atoms with van der Waals surface area (Å²) in [6.07, 6.45) is 3.85. The van der Waals surface area contributed by atoms with Gasteiger partial charge in [-0.25, -0.2) is 9.69 Å². The molecular formula is C20H28N3O4+. The molecule has 7 heteroatoms. The third-order valence-corrected chi connectivity index (χ3v) is 6.04. The van der Waals surface area contributed by atoms with Gasteiger partial charge in [-0.15, -0.1) is 0 Å². The van der Waals surface area contributed by atoms with Crippen molar-refractivity contribution in [1.82, 2.24) is 10.2 Å². The third kappa shape index (κ3) is 3.25. The van der Waals surface area contributed by atoms with Crippen LogP contribution in [0.4, 0.5) is 4.79 Å². The molecule has 1 aliphatic carbocycles. The number of urea groups is 1. The second-order valence-corrected chi connectivity index (χ2v) is 8.05. The zero-order valence-electron chi connectivity index (χ0n) is 16.0. The van der Waals surface area contributed by atoms with E-state index in [1.54, 1.807) is 0 Å². The van der Waals surface area contributed by atoms with Crippen molar-refractivity contribution in [2.24, 2.45) is 5.92 Å². The predicted molar refractivity (Wildman–Crippen MR) is 98.6 cm³/mol. The highest BCUT2D eigenvalue weighted by atomic mass is 16.6. The molecule has 1 aromatic carbocycles. The Labute approximate surface area is 159 Å². The summed E-state index contributed by atoms with van der Waals surface area (Å²) < 4.78 is 11.2. The van der Waals surface area contributed by atoms with Gasteiger partial charge in [0.25, 0.3) is 5.91 Å². The highest BCUT2D eigenvalue weighted by Gasteiger charge is 2.55. The van der Waals surface area contributed by atoms with Gasteiger partial charge in [-0.1, -0.05) is 19.8 Å². The zero-order chi connectivity index (χ0) is 19.0. The first-order chi connectivity index (χ1) is 13.0. The largest absolute Gasteiger partial charge is 0.486 e. The van der Waals surface area contributed by atoms with Crippen LogP contribution in [-0.4, -0.2) is 49.3 Å². The van der Waals surface area contributed by atoms with E-state index in [9.17, 15) is 9.59 Å². The van der Waals surface area contributed by atoms with Crippen LogP contribution in [0.2, 0.25) is 0 Å². The minimum atomic E-state index is -0.688. The standard InChI is InChI=1S/C20H27N3O4/c1-14-5-3-4-8-20(14)18(24)23(19(25)21-20)13-22(2)12-15-6-7-16-17(11-15)27-10-9-26-16/h6-7,11,14H,3-5,8-10,12-13H2,1-2H3,(H,21,25)/p+1/t14-,20-/m1/s1. The molecule has 1 saturated carbocycles. The molecule has 1 spiro atoms. The molecule has 3 atom stereocenters. The zero-order valence-corrected chi connectivity index (χ0v) is 16.0. The number of carbonyl (C=O) groups excluding carboxylic acids is 2. The molecule has 146 valence electrons. The van der Waals surface area contributed by atoms with E-state index < -0.39 is 5.54 Å². The molecule has 0 aromatic heterocycles. The van der Waals surface area contributed by atoms with Gasteiger partial charge in [0.15, 0.2) is 18.2 Å². The van der Waals surface area contributed by atoms with Crippen LogP contribution in [0.25, 0.3) is 0 Å². The SMILES string of the molecule is C[C@@H]1CCCC[C@@]12NC(=O)N(C[NH+](C)Cc1ccc3c(c1)OCCO3)C2=O. The molecule has 2 heterocycles. The normalized spacial score (nSPS) is 28.4. The fourth-order valence-electron chi connectivity index (χ4n) is 4.51. The van der Waals surface area contributed by atoms with Crippen LogP contribution in [0.5, 0.6) is 11.5 Å². The van der Waals surface area contributed by atoms with Crippen molar-refractivity contribution in [1.29, 1.82) is 0 Å². The maximum atomic E-state index is 13.1. The van der Waals surface area contributed by atoms with Gasteiger partial charge in [0.2, 0.25) is 0 Å². The highest BCUT2D eigenvalue weighted by molar-refractivity contribution is 6.07. The number of hydrogen-bond donors (Lipinski definition) is 2. The minimum Gasteiger partial charge on any atom is -0.486 e. The van der Waals surface area contributed by atoms with E-state index in [1.807, 2.05) is 25.2 Å². The molecule has 1 unspecified atom stereocenters. The van der Waals surface area contributed by atoms with E-state index in [0.29, 0.717) is 26.4 Å². The lowest BCUT2D eigenvalue weighted by Crippen LogP contribution is -3.09. The summed E-state index contributed by atoms with van der Waals surface area (Å²) in [7, 11) is 1.99. The van der Waals surface area contributed by atoms with Gasteiger partial charge in [0.05, 0.1) is 7.05 Å². The van der Waals surface area contributed by atoms with Gasteiger partial charge in [0.1, 0.15) is 25.3 Å². The van der Waals surface area contributed by atoms with Crippen LogP contribution in [0.3, 0.4) is 0 Å². The number of hydrogen-bond acceptors (Lipinski definition) is 4. The maximum absolute atomic E-state index is 13.1.